The number of primary amides is 1. The summed E-state index contributed by atoms with van der Waals surface area (Å²) in [6.07, 6.45) is 12.2. The van der Waals surface area contributed by atoms with E-state index in [4.69, 9.17) is 10.2 Å². The molecule has 1 saturated heterocycles. The molecule has 1 aliphatic heterocycles. The van der Waals surface area contributed by atoms with Gasteiger partial charge in [0.2, 0.25) is 6.41 Å². The molecule has 2 aliphatic rings. The standard InChI is InChI=1S/C11H16N2.CH3NO/c1-13-10(7-8-11(13)12)9-5-3-2-4-6-9;2-1-3/h2-5,9-10,12H,6-8H2,1H3;1H,(H2,2,3). The molecule has 0 bridgehead atoms. The zero-order valence-electron chi connectivity index (χ0n) is 9.60. The molecular formula is C12H19N3O. The summed E-state index contributed by atoms with van der Waals surface area (Å²) in [5.74, 6) is 1.42. The Morgan fingerprint density at radius 3 is 2.69 bits per heavy atom. The first-order valence-electron chi connectivity index (χ1n) is 5.49. The quantitative estimate of drug-likeness (QED) is 0.655. The number of likely N-dealkylation sites (tertiary alicyclic amines) is 1. The van der Waals surface area contributed by atoms with E-state index in [0.717, 1.165) is 25.1 Å². The van der Waals surface area contributed by atoms with Crippen LogP contribution in [0.15, 0.2) is 24.3 Å². The number of carbonyl (C=O) groups excluding carboxylic acids is 1. The number of hydrogen-bond acceptors (Lipinski definition) is 2. The molecule has 4 nitrogen and oxygen atoms in total. The Labute approximate surface area is 96.3 Å². The minimum Gasteiger partial charge on any atom is -0.372 e. The Balaban J connectivity index is 0.000000386. The molecule has 0 spiro atoms. The fourth-order valence-corrected chi connectivity index (χ4v) is 2.24. The van der Waals surface area contributed by atoms with Gasteiger partial charge in [-0.05, 0) is 12.8 Å². The maximum atomic E-state index is 8.58. The Morgan fingerprint density at radius 2 is 2.25 bits per heavy atom. The molecule has 2 unspecified atom stereocenters. The summed E-state index contributed by atoms with van der Waals surface area (Å²) < 4.78 is 0. The van der Waals surface area contributed by atoms with Crippen LogP contribution >= 0.6 is 0 Å². The van der Waals surface area contributed by atoms with Gasteiger partial charge in [0, 0.05) is 25.4 Å². The predicted molar refractivity (Wildman–Crippen MR) is 65.2 cm³/mol. The van der Waals surface area contributed by atoms with E-state index in [9.17, 15) is 0 Å². The van der Waals surface area contributed by atoms with Gasteiger partial charge in [0.25, 0.3) is 0 Å². The second-order valence-electron chi connectivity index (χ2n) is 4.01. The van der Waals surface area contributed by atoms with Crippen LogP contribution < -0.4 is 5.73 Å². The Morgan fingerprint density at radius 1 is 1.56 bits per heavy atom. The Hall–Kier alpha value is -1.58. The van der Waals surface area contributed by atoms with Gasteiger partial charge in [-0.1, -0.05) is 24.3 Å². The summed E-state index contributed by atoms with van der Waals surface area (Å²) in [5, 5.41) is 7.69. The van der Waals surface area contributed by atoms with Crippen molar-refractivity contribution in [1.29, 1.82) is 5.41 Å². The number of allylic oxidation sites excluding steroid dienone is 3. The normalized spacial score (nSPS) is 27.6. The van der Waals surface area contributed by atoms with E-state index in [1.807, 2.05) is 7.05 Å². The van der Waals surface area contributed by atoms with Gasteiger partial charge in [0.05, 0.1) is 5.84 Å². The maximum absolute atomic E-state index is 8.58. The van der Waals surface area contributed by atoms with Crippen LogP contribution in [0.2, 0.25) is 0 Å². The van der Waals surface area contributed by atoms with E-state index < -0.39 is 0 Å². The van der Waals surface area contributed by atoms with Crippen molar-refractivity contribution in [3.8, 4) is 0 Å². The first-order valence-corrected chi connectivity index (χ1v) is 5.49. The second-order valence-corrected chi connectivity index (χ2v) is 4.01. The molecule has 4 heteroatoms. The van der Waals surface area contributed by atoms with Crippen molar-refractivity contribution in [2.75, 3.05) is 7.05 Å². The van der Waals surface area contributed by atoms with E-state index in [1.165, 1.54) is 0 Å². The van der Waals surface area contributed by atoms with Gasteiger partial charge in [-0.25, -0.2) is 0 Å². The van der Waals surface area contributed by atoms with Gasteiger partial charge in [0.15, 0.2) is 0 Å². The number of nitrogens with zero attached hydrogens (tertiary/aromatic N) is 1. The third-order valence-corrected chi connectivity index (χ3v) is 3.11. The summed E-state index contributed by atoms with van der Waals surface area (Å²) in [5.41, 5.74) is 4.17. The zero-order valence-corrected chi connectivity index (χ0v) is 9.60. The number of amides is 1. The van der Waals surface area contributed by atoms with Crippen LogP contribution in [0, 0.1) is 11.3 Å². The van der Waals surface area contributed by atoms with Crippen molar-refractivity contribution in [2.45, 2.75) is 25.3 Å². The molecule has 0 radical (unpaired) electrons. The summed E-state index contributed by atoms with van der Waals surface area (Å²) in [6.45, 7) is 0. The van der Waals surface area contributed by atoms with E-state index in [0.29, 0.717) is 12.0 Å². The molecule has 2 rings (SSSR count). The van der Waals surface area contributed by atoms with Crippen molar-refractivity contribution in [1.82, 2.24) is 4.90 Å². The maximum Gasteiger partial charge on any atom is 0.204 e. The van der Waals surface area contributed by atoms with Crippen LogP contribution in [0.25, 0.3) is 0 Å². The molecule has 0 aromatic heterocycles. The lowest BCUT2D eigenvalue weighted by molar-refractivity contribution is -0.106. The molecular weight excluding hydrogens is 202 g/mol. The average molecular weight is 221 g/mol. The first-order chi connectivity index (χ1) is 7.70. The van der Waals surface area contributed by atoms with E-state index >= 15 is 0 Å². The Kier molecular flexibility index (Phi) is 4.76. The highest BCUT2D eigenvalue weighted by atomic mass is 16.1. The SMILES string of the molecule is CN1C(=N)CCC1C1C=CC=CC1.NC=O. The highest BCUT2D eigenvalue weighted by molar-refractivity contribution is 5.81. The van der Waals surface area contributed by atoms with Crippen LogP contribution in [-0.4, -0.2) is 30.2 Å². The minimum atomic E-state index is 0.250. The molecule has 88 valence electrons. The third kappa shape index (κ3) is 2.95. The average Bonchev–Trinajstić information content (AvgIpc) is 2.62. The third-order valence-electron chi connectivity index (χ3n) is 3.11. The first kappa shape index (κ1) is 12.5. The Bertz CT molecular complexity index is 309. The second kappa shape index (κ2) is 6.10. The van der Waals surface area contributed by atoms with Crippen LogP contribution in [0.3, 0.4) is 0 Å². The van der Waals surface area contributed by atoms with Gasteiger partial charge in [-0.2, -0.15) is 0 Å². The number of hydrogen-bond donors (Lipinski definition) is 2. The number of rotatable bonds is 1. The molecule has 3 N–H and O–H groups in total. The molecule has 1 aliphatic carbocycles. The zero-order chi connectivity index (χ0) is 12.0. The van der Waals surface area contributed by atoms with Gasteiger partial charge >= 0.3 is 0 Å². The van der Waals surface area contributed by atoms with Crippen LogP contribution in [0.4, 0.5) is 0 Å². The van der Waals surface area contributed by atoms with Crippen LogP contribution in [0.5, 0.6) is 0 Å². The van der Waals surface area contributed by atoms with Crippen molar-refractivity contribution < 1.29 is 4.79 Å². The van der Waals surface area contributed by atoms with Gasteiger partial charge in [-0.3, -0.25) is 10.2 Å². The van der Waals surface area contributed by atoms with Gasteiger partial charge in [0.1, 0.15) is 0 Å². The number of nitrogens with one attached hydrogen (secondary N) is 1. The summed E-state index contributed by atoms with van der Waals surface area (Å²) in [4.78, 5) is 10.7. The van der Waals surface area contributed by atoms with E-state index in [2.05, 4.69) is 34.9 Å². The molecule has 2 atom stereocenters. The minimum absolute atomic E-state index is 0.250. The number of carbonyl (C=O) groups is 1. The number of nitrogens with two attached hydrogens (primary N) is 1. The van der Waals surface area contributed by atoms with Crippen molar-refractivity contribution in [3.05, 3.63) is 24.3 Å². The molecule has 0 aromatic rings. The number of amidine groups is 1. The van der Waals surface area contributed by atoms with E-state index in [-0.39, 0.29) is 6.41 Å². The van der Waals surface area contributed by atoms with Crippen molar-refractivity contribution in [2.24, 2.45) is 11.7 Å². The molecule has 1 fully saturated rings. The lowest BCUT2D eigenvalue weighted by atomic mass is 9.91. The van der Waals surface area contributed by atoms with Gasteiger partial charge < -0.3 is 10.6 Å². The van der Waals surface area contributed by atoms with Crippen LogP contribution in [0.1, 0.15) is 19.3 Å². The molecule has 16 heavy (non-hydrogen) atoms. The summed E-state index contributed by atoms with van der Waals surface area (Å²) in [6, 6.07) is 0.564. The lowest BCUT2D eigenvalue weighted by Gasteiger charge is -2.28. The summed E-state index contributed by atoms with van der Waals surface area (Å²) in [7, 11) is 2.05. The van der Waals surface area contributed by atoms with Crippen LogP contribution in [-0.2, 0) is 4.79 Å². The summed E-state index contributed by atoms with van der Waals surface area (Å²) >= 11 is 0. The molecule has 1 heterocycles. The van der Waals surface area contributed by atoms with E-state index in [1.54, 1.807) is 0 Å². The van der Waals surface area contributed by atoms with Crippen molar-refractivity contribution in [3.63, 3.8) is 0 Å². The molecule has 0 saturated carbocycles. The monoisotopic (exact) mass is 221 g/mol. The van der Waals surface area contributed by atoms with Gasteiger partial charge in [-0.15, -0.1) is 0 Å². The highest BCUT2D eigenvalue weighted by Crippen LogP contribution is 2.28. The largest absolute Gasteiger partial charge is 0.372 e. The topological polar surface area (TPSA) is 70.2 Å². The molecule has 0 aromatic carbocycles. The fourth-order valence-electron chi connectivity index (χ4n) is 2.24. The van der Waals surface area contributed by atoms with Crippen molar-refractivity contribution >= 4 is 12.2 Å². The lowest BCUT2D eigenvalue weighted by Crippen LogP contribution is -2.34. The smallest absolute Gasteiger partial charge is 0.204 e. The molecule has 1 amide bonds. The predicted octanol–water partition coefficient (Wildman–Crippen LogP) is 1.29. The highest BCUT2D eigenvalue weighted by Gasteiger charge is 2.30. The fraction of sp³-hybridized carbons (Fsp3) is 0.500.